The van der Waals surface area contributed by atoms with Gasteiger partial charge in [-0.25, -0.2) is 9.37 Å². The average Bonchev–Trinajstić information content (AvgIpc) is 2.44. The molecule has 0 unspecified atom stereocenters. The second-order valence-electron chi connectivity index (χ2n) is 4.79. The van der Waals surface area contributed by atoms with Crippen LogP contribution in [0.1, 0.15) is 31.3 Å². The zero-order chi connectivity index (χ0) is 11.2. The first-order valence-electron chi connectivity index (χ1n) is 4.95. The van der Waals surface area contributed by atoms with Crippen LogP contribution in [-0.2, 0) is 5.41 Å². The molecule has 3 heteroatoms. The molecule has 0 radical (unpaired) electrons. The minimum absolute atomic E-state index is 0.0209. The third-order valence-corrected chi connectivity index (χ3v) is 3.34. The van der Waals surface area contributed by atoms with Crippen LogP contribution < -0.4 is 0 Å². The van der Waals surface area contributed by atoms with E-state index >= 15 is 0 Å². The number of aryl methyl sites for hydroxylation is 1. The molecule has 1 nitrogen and oxygen atoms in total. The third-order valence-electron chi connectivity index (χ3n) is 2.42. The molecule has 0 atom stereocenters. The summed E-state index contributed by atoms with van der Waals surface area (Å²) in [5, 5.41) is 0.912. The lowest BCUT2D eigenvalue weighted by Gasteiger charge is -2.18. The zero-order valence-corrected chi connectivity index (χ0v) is 10.2. The van der Waals surface area contributed by atoms with Crippen molar-refractivity contribution in [3.63, 3.8) is 0 Å². The molecule has 0 bridgehead atoms. The van der Waals surface area contributed by atoms with Gasteiger partial charge in [0.25, 0.3) is 0 Å². The molecule has 0 spiro atoms. The molecule has 0 saturated heterocycles. The minimum Gasteiger partial charge on any atom is -0.238 e. The van der Waals surface area contributed by atoms with Crippen LogP contribution in [0.5, 0.6) is 0 Å². The Balaban J connectivity index is 2.72. The highest BCUT2D eigenvalue weighted by Crippen LogP contribution is 2.30. The summed E-state index contributed by atoms with van der Waals surface area (Å²) in [4.78, 5) is 4.18. The molecule has 0 fully saturated rings. The Morgan fingerprint density at radius 2 is 1.93 bits per heavy atom. The van der Waals surface area contributed by atoms with Crippen molar-refractivity contribution in [1.82, 2.24) is 4.98 Å². The molecule has 0 aliphatic carbocycles. The molecular formula is C12H14FNS. The van der Waals surface area contributed by atoms with Crippen LogP contribution in [0, 0.1) is 12.7 Å². The SMILES string of the molecule is Cc1nc2c(F)cc(C(C)(C)C)cc2s1. The summed E-state index contributed by atoms with van der Waals surface area (Å²) in [7, 11) is 0. The molecule has 0 aliphatic heterocycles. The summed E-state index contributed by atoms with van der Waals surface area (Å²) in [6.45, 7) is 8.16. The highest BCUT2D eigenvalue weighted by atomic mass is 32.1. The van der Waals surface area contributed by atoms with Gasteiger partial charge in [-0.2, -0.15) is 0 Å². The van der Waals surface area contributed by atoms with Gasteiger partial charge in [-0.1, -0.05) is 20.8 Å². The Morgan fingerprint density at radius 3 is 2.53 bits per heavy atom. The van der Waals surface area contributed by atoms with Crippen molar-refractivity contribution in [3.05, 3.63) is 28.5 Å². The molecule has 0 saturated carbocycles. The Labute approximate surface area is 93.0 Å². The Kier molecular flexibility index (Phi) is 2.30. The first-order chi connectivity index (χ1) is 6.88. The number of nitrogens with zero attached hydrogens (tertiary/aromatic N) is 1. The Bertz CT molecular complexity index is 508. The largest absolute Gasteiger partial charge is 0.238 e. The van der Waals surface area contributed by atoms with E-state index in [4.69, 9.17) is 0 Å². The summed E-state index contributed by atoms with van der Waals surface area (Å²) in [6, 6.07) is 3.64. The number of thiazole rings is 1. The smallest absolute Gasteiger partial charge is 0.150 e. The van der Waals surface area contributed by atoms with Crippen molar-refractivity contribution in [2.75, 3.05) is 0 Å². The van der Waals surface area contributed by atoms with Crippen molar-refractivity contribution in [2.24, 2.45) is 0 Å². The third kappa shape index (κ3) is 1.88. The number of fused-ring (bicyclic) bond motifs is 1. The molecule has 0 amide bonds. The fraction of sp³-hybridized carbons (Fsp3) is 0.417. The molecule has 80 valence electrons. The van der Waals surface area contributed by atoms with Gasteiger partial charge in [-0.15, -0.1) is 11.3 Å². The summed E-state index contributed by atoms with van der Waals surface area (Å²) >= 11 is 1.55. The van der Waals surface area contributed by atoms with Crippen molar-refractivity contribution in [3.8, 4) is 0 Å². The molecule has 2 aromatic rings. The van der Waals surface area contributed by atoms with Crippen LogP contribution in [0.2, 0.25) is 0 Å². The Morgan fingerprint density at radius 1 is 1.27 bits per heavy atom. The van der Waals surface area contributed by atoms with Crippen molar-refractivity contribution < 1.29 is 4.39 Å². The molecule has 0 N–H and O–H groups in total. The summed E-state index contributed by atoms with van der Waals surface area (Å²) in [5.41, 5.74) is 1.51. The fourth-order valence-corrected chi connectivity index (χ4v) is 2.41. The number of rotatable bonds is 0. The van der Waals surface area contributed by atoms with E-state index in [1.54, 1.807) is 17.4 Å². The maximum Gasteiger partial charge on any atom is 0.150 e. The first kappa shape index (κ1) is 10.6. The summed E-state index contributed by atoms with van der Waals surface area (Å²) in [5.74, 6) is -0.207. The number of benzene rings is 1. The lowest BCUT2D eigenvalue weighted by atomic mass is 9.87. The van der Waals surface area contributed by atoms with E-state index in [1.165, 1.54) is 0 Å². The van der Waals surface area contributed by atoms with Crippen LogP contribution in [0.25, 0.3) is 10.2 Å². The van der Waals surface area contributed by atoms with E-state index in [0.717, 1.165) is 15.3 Å². The molecule has 1 aromatic heterocycles. The van der Waals surface area contributed by atoms with Gasteiger partial charge < -0.3 is 0 Å². The summed E-state index contributed by atoms with van der Waals surface area (Å²) in [6.07, 6.45) is 0. The van der Waals surface area contributed by atoms with Crippen molar-refractivity contribution in [1.29, 1.82) is 0 Å². The van der Waals surface area contributed by atoms with Crippen molar-refractivity contribution >= 4 is 21.6 Å². The highest BCUT2D eigenvalue weighted by Gasteiger charge is 2.17. The normalized spacial score (nSPS) is 12.3. The molecule has 15 heavy (non-hydrogen) atoms. The van der Waals surface area contributed by atoms with Gasteiger partial charge in [-0.3, -0.25) is 0 Å². The lowest BCUT2D eigenvalue weighted by Crippen LogP contribution is -2.11. The van der Waals surface area contributed by atoms with Crippen LogP contribution in [0.4, 0.5) is 4.39 Å². The number of hydrogen-bond acceptors (Lipinski definition) is 2. The molecule has 2 rings (SSSR count). The van der Waals surface area contributed by atoms with Gasteiger partial charge in [0.05, 0.1) is 9.71 Å². The highest BCUT2D eigenvalue weighted by molar-refractivity contribution is 7.18. The van der Waals surface area contributed by atoms with E-state index in [1.807, 2.05) is 13.0 Å². The second kappa shape index (κ2) is 3.27. The number of aromatic nitrogens is 1. The lowest BCUT2D eigenvalue weighted by molar-refractivity contribution is 0.576. The van der Waals surface area contributed by atoms with E-state index < -0.39 is 0 Å². The predicted molar refractivity (Wildman–Crippen MR) is 63.0 cm³/mol. The van der Waals surface area contributed by atoms with Gasteiger partial charge in [-0.05, 0) is 30.0 Å². The summed E-state index contributed by atoms with van der Waals surface area (Å²) < 4.78 is 14.7. The number of halogens is 1. The van der Waals surface area contributed by atoms with Crippen LogP contribution >= 0.6 is 11.3 Å². The maximum atomic E-state index is 13.7. The van der Waals surface area contributed by atoms with Gasteiger partial charge in [0.1, 0.15) is 5.52 Å². The van der Waals surface area contributed by atoms with Gasteiger partial charge in [0.15, 0.2) is 5.82 Å². The van der Waals surface area contributed by atoms with Crippen LogP contribution in [-0.4, -0.2) is 4.98 Å². The van der Waals surface area contributed by atoms with E-state index in [9.17, 15) is 4.39 Å². The standard InChI is InChI=1S/C12H14FNS/c1-7-14-11-9(13)5-8(12(2,3)4)6-10(11)15-7/h5-6H,1-4H3. The number of hydrogen-bond donors (Lipinski definition) is 0. The zero-order valence-electron chi connectivity index (χ0n) is 9.39. The minimum atomic E-state index is -0.207. The Hall–Kier alpha value is -0.960. The van der Waals surface area contributed by atoms with Crippen LogP contribution in [0.3, 0.4) is 0 Å². The monoisotopic (exact) mass is 223 g/mol. The molecule has 0 aliphatic rings. The van der Waals surface area contributed by atoms with E-state index in [2.05, 4.69) is 25.8 Å². The first-order valence-corrected chi connectivity index (χ1v) is 5.77. The van der Waals surface area contributed by atoms with Gasteiger partial charge in [0.2, 0.25) is 0 Å². The average molecular weight is 223 g/mol. The van der Waals surface area contributed by atoms with Gasteiger partial charge in [0, 0.05) is 0 Å². The molecule has 1 heterocycles. The quantitative estimate of drug-likeness (QED) is 0.656. The van der Waals surface area contributed by atoms with E-state index in [0.29, 0.717) is 5.52 Å². The maximum absolute atomic E-state index is 13.7. The second-order valence-corrected chi connectivity index (χ2v) is 6.02. The molecular weight excluding hydrogens is 209 g/mol. The van der Waals surface area contributed by atoms with Gasteiger partial charge >= 0.3 is 0 Å². The predicted octanol–water partition coefficient (Wildman–Crippen LogP) is 4.04. The molecule has 1 aromatic carbocycles. The topological polar surface area (TPSA) is 12.9 Å². The fourth-order valence-electron chi connectivity index (χ4n) is 1.53. The van der Waals surface area contributed by atoms with Crippen molar-refractivity contribution in [2.45, 2.75) is 33.1 Å². The van der Waals surface area contributed by atoms with Crippen LogP contribution in [0.15, 0.2) is 12.1 Å². The van der Waals surface area contributed by atoms with E-state index in [-0.39, 0.29) is 11.2 Å².